The number of benzene rings is 2. The molecule has 2 aromatic carbocycles. The molecule has 132 valence electrons. The van der Waals surface area contributed by atoms with Crippen LogP contribution in [0.3, 0.4) is 0 Å². The van der Waals surface area contributed by atoms with Crippen LogP contribution in [-0.4, -0.2) is 28.7 Å². The summed E-state index contributed by atoms with van der Waals surface area (Å²) in [7, 11) is 0. The van der Waals surface area contributed by atoms with Crippen molar-refractivity contribution in [3.63, 3.8) is 0 Å². The van der Waals surface area contributed by atoms with Crippen LogP contribution in [0.2, 0.25) is 5.02 Å². The molecule has 2 aromatic rings. The second kappa shape index (κ2) is 6.72. The van der Waals surface area contributed by atoms with Crippen molar-refractivity contribution in [1.82, 2.24) is 10.2 Å². The highest BCUT2D eigenvalue weighted by Crippen LogP contribution is 2.34. The van der Waals surface area contributed by atoms with Crippen molar-refractivity contribution in [3.05, 3.63) is 70.7 Å². The van der Waals surface area contributed by atoms with Gasteiger partial charge in [-0.25, -0.2) is 4.79 Å². The van der Waals surface area contributed by atoms with Crippen molar-refractivity contribution in [1.29, 1.82) is 0 Å². The average Bonchev–Trinajstić information content (AvgIpc) is 2.63. The van der Waals surface area contributed by atoms with Crippen LogP contribution in [0.1, 0.15) is 29.3 Å². The van der Waals surface area contributed by atoms with Crippen molar-refractivity contribution in [3.8, 4) is 0 Å². The highest BCUT2D eigenvalue weighted by Gasteiger charge is 2.55. The minimum Gasteiger partial charge on any atom is -0.276 e. The summed E-state index contributed by atoms with van der Waals surface area (Å²) in [5.74, 6) is -2.41. The van der Waals surface area contributed by atoms with Gasteiger partial charge in [-0.3, -0.25) is 19.7 Å². The molecule has 0 bridgehead atoms. The van der Waals surface area contributed by atoms with E-state index in [1.807, 2.05) is 0 Å². The zero-order chi connectivity index (χ0) is 18.9. The maximum Gasteiger partial charge on any atom is 0.338 e. The van der Waals surface area contributed by atoms with Crippen molar-refractivity contribution in [2.45, 2.75) is 18.8 Å². The van der Waals surface area contributed by atoms with Crippen molar-refractivity contribution >= 4 is 35.4 Å². The topological polar surface area (TPSA) is 83.6 Å². The Morgan fingerprint density at radius 1 is 1.04 bits per heavy atom. The first-order chi connectivity index (χ1) is 12.4. The van der Waals surface area contributed by atoms with Crippen molar-refractivity contribution < 1.29 is 19.2 Å². The molecule has 5 amide bonds. The number of carbonyl (C=O) groups is 4. The van der Waals surface area contributed by atoms with E-state index in [4.69, 9.17) is 11.6 Å². The minimum atomic E-state index is -1.64. The van der Waals surface area contributed by atoms with Gasteiger partial charge >= 0.3 is 6.03 Å². The molecular formula is C19H15ClN2O4. The first-order valence-corrected chi connectivity index (χ1v) is 8.35. The van der Waals surface area contributed by atoms with Crippen LogP contribution >= 0.6 is 11.6 Å². The number of urea groups is 1. The third-order valence-corrected chi connectivity index (χ3v) is 4.72. The van der Waals surface area contributed by atoms with Crippen LogP contribution in [0.15, 0.2) is 54.6 Å². The summed E-state index contributed by atoms with van der Waals surface area (Å²) in [6, 6.07) is 13.1. The molecule has 0 aliphatic carbocycles. The van der Waals surface area contributed by atoms with E-state index in [9.17, 15) is 19.2 Å². The predicted molar refractivity (Wildman–Crippen MR) is 94.6 cm³/mol. The van der Waals surface area contributed by atoms with Gasteiger partial charge in [-0.05, 0) is 36.2 Å². The van der Waals surface area contributed by atoms with Crippen molar-refractivity contribution in [2.24, 2.45) is 0 Å². The molecule has 0 saturated carbocycles. The fraction of sp³-hybridized carbons (Fsp3) is 0.158. The highest BCUT2D eigenvalue weighted by atomic mass is 35.5. The molecule has 1 saturated heterocycles. The average molecular weight is 371 g/mol. The van der Waals surface area contributed by atoms with Gasteiger partial charge in [0.1, 0.15) is 0 Å². The van der Waals surface area contributed by atoms with Crippen LogP contribution < -0.4 is 5.32 Å². The number of imide groups is 4. The lowest BCUT2D eigenvalue weighted by Crippen LogP contribution is -2.67. The van der Waals surface area contributed by atoms with E-state index in [1.165, 1.54) is 24.3 Å². The largest absolute Gasteiger partial charge is 0.338 e. The lowest BCUT2D eigenvalue weighted by atomic mass is 9.74. The van der Waals surface area contributed by atoms with E-state index in [1.54, 1.807) is 37.3 Å². The quantitative estimate of drug-likeness (QED) is 0.665. The molecular weight excluding hydrogens is 356 g/mol. The van der Waals surface area contributed by atoms with Gasteiger partial charge in [0.05, 0.1) is 0 Å². The van der Waals surface area contributed by atoms with E-state index in [-0.39, 0.29) is 12.0 Å². The van der Waals surface area contributed by atoms with Crippen LogP contribution in [0.4, 0.5) is 4.79 Å². The third-order valence-electron chi connectivity index (χ3n) is 4.47. The van der Waals surface area contributed by atoms with Gasteiger partial charge < -0.3 is 0 Å². The van der Waals surface area contributed by atoms with Gasteiger partial charge in [-0.15, -0.1) is 0 Å². The van der Waals surface area contributed by atoms with E-state index >= 15 is 0 Å². The molecule has 1 atom stereocenters. The zero-order valence-electron chi connectivity index (χ0n) is 13.9. The maximum absolute atomic E-state index is 13.2. The Morgan fingerprint density at radius 2 is 1.65 bits per heavy atom. The molecule has 1 aliphatic rings. The molecule has 1 N–H and O–H groups in total. The summed E-state index contributed by atoms with van der Waals surface area (Å²) >= 11 is 5.81. The third kappa shape index (κ3) is 2.68. The van der Waals surface area contributed by atoms with Gasteiger partial charge in [0.25, 0.3) is 11.8 Å². The number of amides is 5. The maximum atomic E-state index is 13.2. The first kappa shape index (κ1) is 17.8. The molecule has 3 rings (SSSR count). The second-order valence-corrected chi connectivity index (χ2v) is 6.27. The van der Waals surface area contributed by atoms with Crippen LogP contribution in [-0.2, 0) is 15.0 Å². The molecule has 6 nitrogen and oxygen atoms in total. The summed E-state index contributed by atoms with van der Waals surface area (Å²) in [5, 5.41) is 2.56. The molecule has 0 spiro atoms. The Bertz CT molecular complexity index is 896. The smallest absolute Gasteiger partial charge is 0.276 e. The Labute approximate surface area is 154 Å². The molecule has 1 unspecified atom stereocenters. The Kier molecular flexibility index (Phi) is 4.61. The first-order valence-electron chi connectivity index (χ1n) is 7.97. The number of nitrogens with zero attached hydrogens (tertiary/aromatic N) is 1. The van der Waals surface area contributed by atoms with Gasteiger partial charge in [0, 0.05) is 10.6 Å². The monoisotopic (exact) mass is 370 g/mol. The van der Waals surface area contributed by atoms with Crippen molar-refractivity contribution in [2.75, 3.05) is 0 Å². The number of halogens is 1. The van der Waals surface area contributed by atoms with Gasteiger partial charge in [-0.2, -0.15) is 4.90 Å². The normalized spacial score (nSPS) is 20.1. The molecule has 1 heterocycles. The van der Waals surface area contributed by atoms with E-state index in [2.05, 4.69) is 5.32 Å². The van der Waals surface area contributed by atoms with Gasteiger partial charge in [0.15, 0.2) is 5.41 Å². The molecule has 1 fully saturated rings. The van der Waals surface area contributed by atoms with E-state index < -0.39 is 29.2 Å². The summed E-state index contributed by atoms with van der Waals surface area (Å²) in [6.07, 6.45) is 0.0966. The lowest BCUT2D eigenvalue weighted by Gasteiger charge is -2.38. The van der Waals surface area contributed by atoms with Crippen LogP contribution in [0.25, 0.3) is 0 Å². The Hall–Kier alpha value is -2.99. The summed E-state index contributed by atoms with van der Waals surface area (Å²) < 4.78 is 0. The van der Waals surface area contributed by atoms with Gasteiger partial charge in [-0.1, -0.05) is 48.9 Å². The summed E-state index contributed by atoms with van der Waals surface area (Å²) in [4.78, 5) is 51.3. The fourth-order valence-corrected chi connectivity index (χ4v) is 3.17. The van der Waals surface area contributed by atoms with E-state index in [0.717, 1.165) is 0 Å². The number of nitrogens with one attached hydrogen (secondary N) is 1. The predicted octanol–water partition coefficient (Wildman–Crippen LogP) is 2.91. The SMILES string of the molecule is CCC1(c2ccccc2)C(=O)NC(=O)N(C(=O)c2ccc(Cl)cc2)C1=O. The highest BCUT2D eigenvalue weighted by molar-refractivity contribution is 6.31. The Balaban J connectivity index is 2.08. The number of hydrogen-bond acceptors (Lipinski definition) is 4. The zero-order valence-corrected chi connectivity index (χ0v) is 14.6. The molecule has 7 heteroatoms. The lowest BCUT2D eigenvalue weighted by molar-refractivity contribution is -0.143. The second-order valence-electron chi connectivity index (χ2n) is 5.84. The number of carbonyl (C=O) groups excluding carboxylic acids is 4. The molecule has 0 aromatic heterocycles. The standard InChI is InChI=1S/C19H15ClN2O4/c1-2-19(13-6-4-3-5-7-13)16(24)21-18(26)22(17(19)25)15(23)12-8-10-14(20)11-9-12/h3-11H,2H2,1H3,(H,21,24,26). The van der Waals surface area contributed by atoms with Gasteiger partial charge in [0.2, 0.25) is 5.91 Å². The number of rotatable bonds is 3. The Morgan fingerprint density at radius 3 is 2.23 bits per heavy atom. The summed E-state index contributed by atoms with van der Waals surface area (Å²) in [5.41, 5.74) is -1.10. The molecule has 26 heavy (non-hydrogen) atoms. The minimum absolute atomic E-state index is 0.0966. The fourth-order valence-electron chi connectivity index (χ4n) is 3.04. The molecule has 0 radical (unpaired) electrons. The number of barbiturate groups is 1. The van der Waals surface area contributed by atoms with Crippen LogP contribution in [0.5, 0.6) is 0 Å². The molecule has 1 aliphatic heterocycles. The van der Waals surface area contributed by atoms with E-state index in [0.29, 0.717) is 15.5 Å². The number of hydrogen-bond donors (Lipinski definition) is 1. The summed E-state index contributed by atoms with van der Waals surface area (Å²) in [6.45, 7) is 1.66. The van der Waals surface area contributed by atoms with Crippen LogP contribution in [0, 0.1) is 0 Å².